The van der Waals surface area contributed by atoms with Crippen LogP contribution in [-0.4, -0.2) is 30.6 Å². The van der Waals surface area contributed by atoms with Gasteiger partial charge in [-0.15, -0.1) is 0 Å². The summed E-state index contributed by atoms with van der Waals surface area (Å²) >= 11 is 0. The van der Waals surface area contributed by atoms with Crippen LogP contribution in [0.1, 0.15) is 44.5 Å². The molecule has 0 aliphatic carbocycles. The van der Waals surface area contributed by atoms with Crippen molar-refractivity contribution in [3.05, 3.63) is 29.8 Å². The number of Topliss-reactive ketones (excluding diaryl/α,β-unsaturated/α-hetero) is 1. The van der Waals surface area contributed by atoms with Crippen molar-refractivity contribution in [2.45, 2.75) is 39.7 Å². The number of anilines is 1. The highest BCUT2D eigenvalue weighted by Crippen LogP contribution is 2.10. The number of ketones is 1. The summed E-state index contributed by atoms with van der Waals surface area (Å²) in [5.74, 6) is 0.0584. The van der Waals surface area contributed by atoms with E-state index >= 15 is 0 Å². The van der Waals surface area contributed by atoms with Crippen LogP contribution in [0.15, 0.2) is 24.3 Å². The lowest BCUT2D eigenvalue weighted by Crippen LogP contribution is -2.33. The number of nitrogens with one attached hydrogen (secondary N) is 2. The third-order valence-electron chi connectivity index (χ3n) is 2.64. The molecule has 0 radical (unpaired) electrons. The van der Waals surface area contributed by atoms with Crippen molar-refractivity contribution in [2.75, 3.05) is 18.4 Å². The molecule has 21 heavy (non-hydrogen) atoms. The van der Waals surface area contributed by atoms with E-state index in [0.717, 1.165) is 18.7 Å². The minimum atomic E-state index is -0.471. The highest BCUT2D eigenvalue weighted by atomic mass is 16.6. The number of carbonyl (C=O) groups excluding carboxylic acids is 2. The first kappa shape index (κ1) is 17.0. The monoisotopic (exact) mass is 292 g/mol. The van der Waals surface area contributed by atoms with Gasteiger partial charge in [0.15, 0.2) is 5.78 Å². The Morgan fingerprint density at radius 1 is 1.10 bits per heavy atom. The van der Waals surface area contributed by atoms with Gasteiger partial charge in [0.1, 0.15) is 5.60 Å². The van der Waals surface area contributed by atoms with Crippen molar-refractivity contribution < 1.29 is 14.3 Å². The van der Waals surface area contributed by atoms with E-state index in [4.69, 9.17) is 4.74 Å². The molecule has 0 fully saturated rings. The largest absolute Gasteiger partial charge is 0.444 e. The summed E-state index contributed by atoms with van der Waals surface area (Å²) in [6.07, 6.45) is 0.390. The zero-order valence-corrected chi connectivity index (χ0v) is 13.2. The van der Waals surface area contributed by atoms with E-state index in [2.05, 4.69) is 10.6 Å². The molecule has 116 valence electrons. The van der Waals surface area contributed by atoms with E-state index in [-0.39, 0.29) is 5.78 Å². The van der Waals surface area contributed by atoms with Gasteiger partial charge in [-0.25, -0.2) is 4.79 Å². The highest BCUT2D eigenvalue weighted by Gasteiger charge is 2.15. The fourth-order valence-electron chi connectivity index (χ4n) is 1.65. The van der Waals surface area contributed by atoms with Gasteiger partial charge in [0, 0.05) is 24.3 Å². The van der Waals surface area contributed by atoms with Gasteiger partial charge in [-0.05, 0) is 58.4 Å². The topological polar surface area (TPSA) is 67.4 Å². The molecule has 0 saturated carbocycles. The first-order valence-electron chi connectivity index (χ1n) is 7.09. The smallest absolute Gasteiger partial charge is 0.407 e. The molecule has 0 aliphatic rings. The van der Waals surface area contributed by atoms with Gasteiger partial charge in [-0.3, -0.25) is 4.79 Å². The molecule has 1 aromatic carbocycles. The Balaban J connectivity index is 2.19. The molecule has 5 nitrogen and oxygen atoms in total. The van der Waals surface area contributed by atoms with Crippen LogP contribution >= 0.6 is 0 Å². The second-order valence-electron chi connectivity index (χ2n) is 5.84. The minimum absolute atomic E-state index is 0.0584. The molecule has 0 aliphatic heterocycles. The number of ether oxygens (including phenoxy) is 1. The number of alkyl carbamates (subject to hydrolysis) is 1. The van der Waals surface area contributed by atoms with Gasteiger partial charge in [0.2, 0.25) is 0 Å². The van der Waals surface area contributed by atoms with Crippen molar-refractivity contribution in [2.24, 2.45) is 0 Å². The maximum absolute atomic E-state index is 11.4. The molecule has 0 spiro atoms. The van der Waals surface area contributed by atoms with E-state index < -0.39 is 11.7 Å². The number of benzene rings is 1. The molecular formula is C16H24N2O3. The van der Waals surface area contributed by atoms with Crippen LogP contribution in [0.3, 0.4) is 0 Å². The van der Waals surface area contributed by atoms with Crippen molar-refractivity contribution in [1.82, 2.24) is 5.32 Å². The Bertz CT molecular complexity index is 475. The second kappa shape index (κ2) is 7.67. The van der Waals surface area contributed by atoms with Crippen LogP contribution in [-0.2, 0) is 4.74 Å². The van der Waals surface area contributed by atoms with Crippen molar-refractivity contribution >= 4 is 17.6 Å². The summed E-state index contributed by atoms with van der Waals surface area (Å²) in [5.41, 5.74) is 1.19. The lowest BCUT2D eigenvalue weighted by atomic mass is 10.1. The Hall–Kier alpha value is -2.04. The average molecular weight is 292 g/mol. The maximum Gasteiger partial charge on any atom is 0.407 e. The zero-order valence-electron chi connectivity index (χ0n) is 13.2. The van der Waals surface area contributed by atoms with Gasteiger partial charge in [-0.1, -0.05) is 0 Å². The van der Waals surface area contributed by atoms with Gasteiger partial charge in [-0.2, -0.15) is 0 Å². The number of carbonyl (C=O) groups is 2. The first-order valence-corrected chi connectivity index (χ1v) is 7.09. The van der Waals surface area contributed by atoms with Gasteiger partial charge in [0.25, 0.3) is 0 Å². The predicted octanol–water partition coefficient (Wildman–Crippen LogP) is 3.22. The standard InChI is InChI=1S/C16H24N2O3/c1-12(19)13-6-8-14(9-7-13)17-10-5-11-18-15(20)21-16(2,3)4/h6-9,17H,5,10-11H2,1-4H3,(H,18,20). The predicted molar refractivity (Wildman–Crippen MR) is 83.8 cm³/mol. The Kier molecular flexibility index (Phi) is 6.21. The normalized spacial score (nSPS) is 10.9. The number of hydrogen-bond acceptors (Lipinski definition) is 4. The highest BCUT2D eigenvalue weighted by molar-refractivity contribution is 5.94. The van der Waals surface area contributed by atoms with Crippen LogP contribution in [0.25, 0.3) is 0 Å². The van der Waals surface area contributed by atoms with Crippen molar-refractivity contribution in [3.63, 3.8) is 0 Å². The summed E-state index contributed by atoms with van der Waals surface area (Å²) in [7, 11) is 0. The second-order valence-corrected chi connectivity index (χ2v) is 5.84. The van der Waals surface area contributed by atoms with E-state index in [9.17, 15) is 9.59 Å². The first-order chi connectivity index (χ1) is 9.78. The van der Waals surface area contributed by atoms with Crippen LogP contribution < -0.4 is 10.6 Å². The van der Waals surface area contributed by atoms with Crippen LogP contribution in [0.5, 0.6) is 0 Å². The van der Waals surface area contributed by atoms with Gasteiger partial charge >= 0.3 is 6.09 Å². The van der Waals surface area contributed by atoms with Crippen LogP contribution in [0, 0.1) is 0 Å². The molecule has 1 aromatic rings. The Labute approximate surface area is 126 Å². The average Bonchev–Trinajstić information content (AvgIpc) is 2.36. The molecule has 0 aromatic heterocycles. The molecule has 0 heterocycles. The summed E-state index contributed by atoms with van der Waals surface area (Å²) in [4.78, 5) is 22.6. The molecule has 1 rings (SSSR count). The van der Waals surface area contributed by atoms with E-state index in [1.165, 1.54) is 0 Å². The zero-order chi connectivity index (χ0) is 15.9. The third kappa shape index (κ3) is 7.34. The van der Waals surface area contributed by atoms with Gasteiger partial charge in [0.05, 0.1) is 0 Å². The molecule has 0 bridgehead atoms. The fourth-order valence-corrected chi connectivity index (χ4v) is 1.65. The molecular weight excluding hydrogens is 268 g/mol. The van der Waals surface area contributed by atoms with Crippen molar-refractivity contribution in [3.8, 4) is 0 Å². The summed E-state index contributed by atoms with van der Waals surface area (Å²) < 4.78 is 5.14. The maximum atomic E-state index is 11.4. The van der Waals surface area contributed by atoms with Crippen LogP contribution in [0.4, 0.5) is 10.5 Å². The summed E-state index contributed by atoms with van der Waals surface area (Å²) in [6.45, 7) is 8.32. The third-order valence-corrected chi connectivity index (χ3v) is 2.64. The molecule has 5 heteroatoms. The molecule has 0 unspecified atom stereocenters. The lowest BCUT2D eigenvalue weighted by Gasteiger charge is -2.19. The van der Waals surface area contributed by atoms with Crippen LogP contribution in [0.2, 0.25) is 0 Å². The Morgan fingerprint density at radius 3 is 2.24 bits per heavy atom. The van der Waals surface area contributed by atoms with E-state index in [0.29, 0.717) is 12.1 Å². The lowest BCUT2D eigenvalue weighted by molar-refractivity contribution is 0.0527. The van der Waals surface area contributed by atoms with E-state index in [1.54, 1.807) is 19.1 Å². The summed E-state index contributed by atoms with van der Waals surface area (Å²) in [5, 5.41) is 5.93. The Morgan fingerprint density at radius 2 is 1.71 bits per heavy atom. The number of amides is 1. The summed E-state index contributed by atoms with van der Waals surface area (Å²) in [6, 6.07) is 7.34. The molecule has 2 N–H and O–H groups in total. The minimum Gasteiger partial charge on any atom is -0.444 e. The fraction of sp³-hybridized carbons (Fsp3) is 0.500. The van der Waals surface area contributed by atoms with Crippen molar-refractivity contribution in [1.29, 1.82) is 0 Å². The van der Waals surface area contributed by atoms with E-state index in [1.807, 2.05) is 32.9 Å². The molecule has 0 saturated heterocycles. The molecule has 0 atom stereocenters. The number of rotatable bonds is 6. The van der Waals surface area contributed by atoms with Gasteiger partial charge < -0.3 is 15.4 Å². The quantitative estimate of drug-likeness (QED) is 0.624. The molecule has 1 amide bonds. The SMILES string of the molecule is CC(=O)c1ccc(NCCCNC(=O)OC(C)(C)C)cc1. The number of hydrogen-bond donors (Lipinski definition) is 2.